The molecule has 3 rings (SSSR count). The zero-order chi connectivity index (χ0) is 11.4. The lowest BCUT2D eigenvalue weighted by Crippen LogP contribution is -2.47. The van der Waals surface area contributed by atoms with E-state index in [2.05, 4.69) is 26.8 Å². The molecule has 0 radical (unpaired) electrons. The van der Waals surface area contributed by atoms with Crippen LogP contribution in [0.4, 0.5) is 0 Å². The molecular formula is C15H22O. The molecule has 1 nitrogen and oxygen atoms in total. The van der Waals surface area contributed by atoms with Crippen LogP contribution in [0.15, 0.2) is 16.7 Å². The Balaban J connectivity index is 2.09. The first kappa shape index (κ1) is 10.4. The molecule has 0 aromatic carbocycles. The molecule has 16 heavy (non-hydrogen) atoms. The molecule has 1 heteroatoms. The standard InChI is InChI=1S/C15H22O/c1-14(2)8-4-9-15(3)12(14)6-5-11-7-10-16-13(11)15/h7,10,12H,4-6,8-9H2,1-3H3/t12?,15-/m0/s1. The van der Waals surface area contributed by atoms with Crippen molar-refractivity contribution < 1.29 is 4.42 Å². The van der Waals surface area contributed by atoms with Crippen LogP contribution in [-0.2, 0) is 11.8 Å². The van der Waals surface area contributed by atoms with Crippen molar-refractivity contribution in [2.75, 3.05) is 0 Å². The van der Waals surface area contributed by atoms with Gasteiger partial charge < -0.3 is 4.42 Å². The Labute approximate surface area is 98.2 Å². The molecule has 1 saturated carbocycles. The van der Waals surface area contributed by atoms with Gasteiger partial charge in [-0.2, -0.15) is 0 Å². The average Bonchev–Trinajstić information content (AvgIpc) is 2.65. The Morgan fingerprint density at radius 2 is 2.06 bits per heavy atom. The van der Waals surface area contributed by atoms with Gasteiger partial charge in [-0.15, -0.1) is 0 Å². The lowest BCUT2D eigenvalue weighted by atomic mass is 9.52. The summed E-state index contributed by atoms with van der Waals surface area (Å²) in [6.07, 6.45) is 8.48. The van der Waals surface area contributed by atoms with Crippen LogP contribution in [0.2, 0.25) is 0 Å². The fourth-order valence-electron chi connectivity index (χ4n) is 4.44. The van der Waals surface area contributed by atoms with E-state index in [1.54, 1.807) is 0 Å². The Kier molecular flexibility index (Phi) is 2.05. The van der Waals surface area contributed by atoms with Crippen LogP contribution in [0, 0.1) is 11.3 Å². The van der Waals surface area contributed by atoms with Crippen LogP contribution in [0.25, 0.3) is 0 Å². The zero-order valence-corrected chi connectivity index (χ0v) is 10.7. The molecule has 0 spiro atoms. The highest BCUT2D eigenvalue weighted by atomic mass is 16.3. The molecular weight excluding hydrogens is 196 g/mol. The van der Waals surface area contributed by atoms with Crippen molar-refractivity contribution >= 4 is 0 Å². The van der Waals surface area contributed by atoms with Crippen molar-refractivity contribution in [1.29, 1.82) is 0 Å². The minimum atomic E-state index is 0.304. The molecule has 0 saturated heterocycles. The quantitative estimate of drug-likeness (QED) is 0.632. The molecule has 1 fully saturated rings. The molecule has 88 valence electrons. The molecule has 0 bridgehead atoms. The Hall–Kier alpha value is -0.720. The molecule has 0 amide bonds. The smallest absolute Gasteiger partial charge is 0.113 e. The van der Waals surface area contributed by atoms with Crippen molar-refractivity contribution in [3.05, 3.63) is 23.7 Å². The summed E-state index contributed by atoms with van der Waals surface area (Å²) >= 11 is 0. The van der Waals surface area contributed by atoms with E-state index in [1.165, 1.54) is 43.4 Å². The normalized spacial score (nSPS) is 36.6. The van der Waals surface area contributed by atoms with Crippen LogP contribution in [-0.4, -0.2) is 0 Å². The highest BCUT2D eigenvalue weighted by Gasteiger charge is 2.51. The maximum absolute atomic E-state index is 5.82. The van der Waals surface area contributed by atoms with Crippen LogP contribution < -0.4 is 0 Å². The number of aryl methyl sites for hydroxylation is 1. The summed E-state index contributed by atoms with van der Waals surface area (Å²) in [6.45, 7) is 7.33. The largest absolute Gasteiger partial charge is 0.468 e. The van der Waals surface area contributed by atoms with Crippen molar-refractivity contribution in [3.63, 3.8) is 0 Å². The third-order valence-corrected chi connectivity index (χ3v) is 5.20. The Bertz CT molecular complexity index is 401. The second-order valence-electron chi connectivity index (χ2n) is 6.63. The van der Waals surface area contributed by atoms with E-state index in [1.807, 2.05) is 6.26 Å². The number of fused-ring (bicyclic) bond motifs is 3. The van der Waals surface area contributed by atoms with Gasteiger partial charge in [-0.25, -0.2) is 0 Å². The maximum Gasteiger partial charge on any atom is 0.113 e. The summed E-state index contributed by atoms with van der Waals surface area (Å²) in [6, 6.07) is 2.18. The number of rotatable bonds is 0. The van der Waals surface area contributed by atoms with Gasteiger partial charge in [0.2, 0.25) is 0 Å². The van der Waals surface area contributed by atoms with Crippen molar-refractivity contribution in [2.45, 2.75) is 58.3 Å². The van der Waals surface area contributed by atoms with E-state index in [-0.39, 0.29) is 0 Å². The highest BCUT2D eigenvalue weighted by Crippen LogP contribution is 2.57. The minimum Gasteiger partial charge on any atom is -0.468 e. The van der Waals surface area contributed by atoms with Gasteiger partial charge in [0.1, 0.15) is 5.76 Å². The third-order valence-electron chi connectivity index (χ3n) is 5.20. The minimum absolute atomic E-state index is 0.304. The van der Waals surface area contributed by atoms with Gasteiger partial charge in [0.05, 0.1) is 6.26 Å². The van der Waals surface area contributed by atoms with Gasteiger partial charge in [0.25, 0.3) is 0 Å². The summed E-state index contributed by atoms with van der Waals surface area (Å²) in [7, 11) is 0. The summed E-state index contributed by atoms with van der Waals surface area (Å²) < 4.78 is 5.82. The summed E-state index contributed by atoms with van der Waals surface area (Å²) in [5.74, 6) is 2.10. The first-order chi connectivity index (χ1) is 7.54. The van der Waals surface area contributed by atoms with Gasteiger partial charge in [-0.3, -0.25) is 0 Å². The molecule has 1 aromatic heterocycles. The van der Waals surface area contributed by atoms with Crippen LogP contribution in [0.1, 0.15) is 57.8 Å². The predicted octanol–water partition coefficient (Wildman–Crippen LogP) is 4.31. The maximum atomic E-state index is 5.82. The topological polar surface area (TPSA) is 13.1 Å². The fraction of sp³-hybridized carbons (Fsp3) is 0.733. The SMILES string of the molecule is CC1(C)CCC[C@]2(C)c3occc3CCC12. The summed E-state index contributed by atoms with van der Waals surface area (Å²) in [4.78, 5) is 0. The number of furan rings is 1. The summed E-state index contributed by atoms with van der Waals surface area (Å²) in [5, 5.41) is 0. The van der Waals surface area contributed by atoms with Gasteiger partial charge >= 0.3 is 0 Å². The van der Waals surface area contributed by atoms with Crippen molar-refractivity contribution in [2.24, 2.45) is 11.3 Å². The first-order valence-corrected chi connectivity index (χ1v) is 6.61. The highest BCUT2D eigenvalue weighted by molar-refractivity contribution is 5.31. The van der Waals surface area contributed by atoms with E-state index in [0.29, 0.717) is 10.8 Å². The first-order valence-electron chi connectivity index (χ1n) is 6.61. The van der Waals surface area contributed by atoms with E-state index in [4.69, 9.17) is 4.42 Å². The van der Waals surface area contributed by atoms with E-state index in [9.17, 15) is 0 Å². The van der Waals surface area contributed by atoms with Gasteiger partial charge in [-0.1, -0.05) is 27.2 Å². The summed E-state index contributed by atoms with van der Waals surface area (Å²) in [5.41, 5.74) is 2.26. The predicted molar refractivity (Wildman–Crippen MR) is 65.5 cm³/mol. The van der Waals surface area contributed by atoms with Crippen molar-refractivity contribution in [1.82, 2.24) is 0 Å². The van der Waals surface area contributed by atoms with Gasteiger partial charge in [0, 0.05) is 5.41 Å². The van der Waals surface area contributed by atoms with Crippen LogP contribution in [0.3, 0.4) is 0 Å². The van der Waals surface area contributed by atoms with Gasteiger partial charge in [0.15, 0.2) is 0 Å². The lowest BCUT2D eigenvalue weighted by Gasteiger charge is -2.52. The monoisotopic (exact) mass is 218 g/mol. The number of hydrogen-bond donors (Lipinski definition) is 0. The molecule has 1 heterocycles. The Morgan fingerprint density at radius 1 is 1.25 bits per heavy atom. The van der Waals surface area contributed by atoms with Crippen LogP contribution in [0.5, 0.6) is 0 Å². The molecule has 1 aromatic rings. The van der Waals surface area contributed by atoms with E-state index < -0.39 is 0 Å². The second kappa shape index (κ2) is 3.15. The van der Waals surface area contributed by atoms with E-state index in [0.717, 1.165) is 5.92 Å². The molecule has 2 aliphatic carbocycles. The fourth-order valence-corrected chi connectivity index (χ4v) is 4.44. The van der Waals surface area contributed by atoms with E-state index >= 15 is 0 Å². The molecule has 0 aliphatic heterocycles. The zero-order valence-electron chi connectivity index (χ0n) is 10.7. The third kappa shape index (κ3) is 1.23. The average molecular weight is 218 g/mol. The molecule has 2 atom stereocenters. The van der Waals surface area contributed by atoms with Crippen LogP contribution >= 0.6 is 0 Å². The second-order valence-corrected chi connectivity index (χ2v) is 6.63. The molecule has 0 N–H and O–H groups in total. The number of hydrogen-bond acceptors (Lipinski definition) is 1. The Morgan fingerprint density at radius 3 is 2.88 bits per heavy atom. The molecule has 2 aliphatic rings. The molecule has 1 unspecified atom stereocenters. The van der Waals surface area contributed by atoms with Crippen molar-refractivity contribution in [3.8, 4) is 0 Å². The van der Waals surface area contributed by atoms with Gasteiger partial charge in [-0.05, 0) is 48.6 Å². The lowest BCUT2D eigenvalue weighted by molar-refractivity contribution is 0.0271.